The Morgan fingerprint density at radius 2 is 1.81 bits per heavy atom. The van der Waals surface area contributed by atoms with Crippen LogP contribution in [0.25, 0.3) is 0 Å². The van der Waals surface area contributed by atoms with E-state index in [2.05, 4.69) is 12.7 Å². The van der Waals surface area contributed by atoms with E-state index in [9.17, 15) is 19.5 Å². The summed E-state index contributed by atoms with van der Waals surface area (Å²) >= 11 is 0. The van der Waals surface area contributed by atoms with Crippen LogP contribution < -0.4 is 0 Å². The second-order valence-electron chi connectivity index (χ2n) is 8.80. The van der Waals surface area contributed by atoms with Crippen LogP contribution in [0.5, 0.6) is 0 Å². The van der Waals surface area contributed by atoms with Crippen LogP contribution in [0.4, 0.5) is 0 Å². The predicted octanol–water partition coefficient (Wildman–Crippen LogP) is 3.56. The first-order valence-electron chi connectivity index (χ1n) is 10.7. The van der Waals surface area contributed by atoms with Crippen molar-refractivity contribution in [1.29, 1.82) is 0 Å². The van der Waals surface area contributed by atoms with Gasteiger partial charge >= 0.3 is 17.9 Å². The molecule has 1 heterocycles. The van der Waals surface area contributed by atoms with Crippen molar-refractivity contribution in [3.8, 4) is 0 Å². The molecule has 7 heteroatoms. The number of carbonyl (C=O) groups is 3. The molecule has 0 aromatic rings. The van der Waals surface area contributed by atoms with Gasteiger partial charge in [0.15, 0.2) is 12.2 Å². The minimum absolute atomic E-state index is 0.121. The molecule has 0 bridgehead atoms. The minimum Gasteiger partial charge on any atom is -0.459 e. The van der Waals surface area contributed by atoms with Crippen molar-refractivity contribution in [2.24, 2.45) is 5.92 Å². The second-order valence-corrected chi connectivity index (χ2v) is 8.80. The monoisotopic (exact) mass is 434 g/mol. The van der Waals surface area contributed by atoms with Crippen molar-refractivity contribution in [1.82, 2.24) is 0 Å². The van der Waals surface area contributed by atoms with E-state index in [0.29, 0.717) is 12.8 Å². The van der Waals surface area contributed by atoms with Crippen molar-refractivity contribution in [2.75, 3.05) is 0 Å². The van der Waals surface area contributed by atoms with Gasteiger partial charge in [-0.1, -0.05) is 24.3 Å². The Hall–Kier alpha value is -2.41. The highest BCUT2D eigenvalue weighted by Gasteiger charge is 2.48. The van der Waals surface area contributed by atoms with Gasteiger partial charge in [0.2, 0.25) is 0 Å². The molecule has 7 nitrogen and oxygen atoms in total. The van der Waals surface area contributed by atoms with Gasteiger partial charge in [-0.05, 0) is 58.4 Å². The van der Waals surface area contributed by atoms with E-state index >= 15 is 0 Å². The smallest absolute Gasteiger partial charge is 0.334 e. The molecule has 0 saturated carbocycles. The second kappa shape index (κ2) is 10.3. The number of allylic oxidation sites excluding steroid dienone is 3. The summed E-state index contributed by atoms with van der Waals surface area (Å²) in [6.07, 6.45) is 4.24. The Morgan fingerprint density at radius 1 is 1.16 bits per heavy atom. The Bertz CT molecular complexity index is 790. The van der Waals surface area contributed by atoms with E-state index < -0.39 is 47.7 Å². The van der Waals surface area contributed by atoms with E-state index in [1.165, 1.54) is 19.4 Å². The number of hydrogen-bond acceptors (Lipinski definition) is 7. The van der Waals surface area contributed by atoms with Gasteiger partial charge in [-0.3, -0.25) is 9.59 Å². The Labute approximate surface area is 184 Å². The van der Waals surface area contributed by atoms with Crippen LogP contribution in [0.1, 0.15) is 66.7 Å². The third-order valence-corrected chi connectivity index (χ3v) is 6.01. The van der Waals surface area contributed by atoms with Gasteiger partial charge < -0.3 is 19.3 Å². The first-order chi connectivity index (χ1) is 14.4. The summed E-state index contributed by atoms with van der Waals surface area (Å²) in [7, 11) is 0. The number of hydrogen-bond donors (Lipinski definition) is 1. The highest BCUT2D eigenvalue weighted by atomic mass is 16.6. The zero-order valence-electron chi connectivity index (χ0n) is 19.1. The molecule has 1 aliphatic carbocycles. The predicted molar refractivity (Wildman–Crippen MR) is 115 cm³/mol. The average Bonchev–Trinajstić information content (AvgIpc) is 2.92. The summed E-state index contributed by atoms with van der Waals surface area (Å²) in [5, 5.41) is 11.2. The Kier molecular flexibility index (Phi) is 8.23. The molecule has 2 aliphatic rings. The molecule has 0 aromatic heterocycles. The fourth-order valence-corrected chi connectivity index (χ4v) is 4.16. The topological polar surface area (TPSA) is 99.1 Å². The minimum atomic E-state index is -1.33. The molecule has 172 valence electrons. The van der Waals surface area contributed by atoms with Crippen LogP contribution in [0.2, 0.25) is 0 Å². The van der Waals surface area contributed by atoms with Gasteiger partial charge in [-0.2, -0.15) is 0 Å². The molecule has 0 aromatic carbocycles. The summed E-state index contributed by atoms with van der Waals surface area (Å²) in [5.41, 5.74) is 0.827. The van der Waals surface area contributed by atoms with E-state index in [4.69, 9.17) is 14.2 Å². The van der Waals surface area contributed by atoms with E-state index in [1.54, 1.807) is 6.92 Å². The lowest BCUT2D eigenvalue weighted by Crippen LogP contribution is -2.46. The Balaban J connectivity index is 2.51. The maximum absolute atomic E-state index is 12.4. The summed E-state index contributed by atoms with van der Waals surface area (Å²) in [5.74, 6) is -2.19. The lowest BCUT2D eigenvalue weighted by molar-refractivity contribution is -0.167. The van der Waals surface area contributed by atoms with Gasteiger partial charge in [0, 0.05) is 25.3 Å². The van der Waals surface area contributed by atoms with Gasteiger partial charge in [0.05, 0.1) is 5.60 Å². The highest BCUT2D eigenvalue weighted by molar-refractivity contribution is 5.91. The molecular formula is C24H34O7. The van der Waals surface area contributed by atoms with E-state index in [-0.39, 0.29) is 12.0 Å². The van der Waals surface area contributed by atoms with Crippen LogP contribution in [0.3, 0.4) is 0 Å². The Morgan fingerprint density at radius 3 is 2.42 bits per heavy atom. The first kappa shape index (κ1) is 24.9. The van der Waals surface area contributed by atoms with E-state index in [1.807, 2.05) is 19.9 Å². The van der Waals surface area contributed by atoms with Gasteiger partial charge in [-0.25, -0.2) is 4.79 Å². The number of fused-ring (bicyclic) bond motifs is 1. The summed E-state index contributed by atoms with van der Waals surface area (Å²) in [6.45, 7) is 11.9. The van der Waals surface area contributed by atoms with Crippen molar-refractivity contribution >= 4 is 17.9 Å². The molecule has 0 spiro atoms. The standard InChI is InChI=1S/C24H34O7/c1-14-9-7-11-15(2)21(30-18(5)26)22-19(16(3)23(27)31-22)13-20(29-17(4)25)24(6,28)12-8-10-14/h10-11,19-22,28H,3,7-9,12-13H2,1-2,4-6H3/b14-10+,15-11+/t19-,20+,21+,22-,24+/m1/s1. The van der Waals surface area contributed by atoms with Crippen molar-refractivity contribution in [2.45, 2.75) is 90.6 Å². The fourth-order valence-electron chi connectivity index (χ4n) is 4.16. The summed E-state index contributed by atoms with van der Waals surface area (Å²) in [4.78, 5) is 36.0. The largest absolute Gasteiger partial charge is 0.459 e. The lowest BCUT2D eigenvalue weighted by atomic mass is 9.80. The first-order valence-corrected chi connectivity index (χ1v) is 10.7. The van der Waals surface area contributed by atoms with Crippen molar-refractivity contribution in [3.63, 3.8) is 0 Å². The van der Waals surface area contributed by atoms with Crippen LogP contribution in [-0.2, 0) is 28.6 Å². The molecule has 31 heavy (non-hydrogen) atoms. The molecule has 0 unspecified atom stereocenters. The summed E-state index contributed by atoms with van der Waals surface area (Å²) in [6, 6.07) is 0. The van der Waals surface area contributed by atoms with Crippen molar-refractivity contribution < 1.29 is 33.7 Å². The zero-order valence-corrected chi connectivity index (χ0v) is 19.1. The number of rotatable bonds is 2. The third kappa shape index (κ3) is 6.53. The van der Waals surface area contributed by atoms with Crippen LogP contribution >= 0.6 is 0 Å². The molecule has 1 saturated heterocycles. The van der Waals surface area contributed by atoms with Gasteiger partial charge in [0.1, 0.15) is 6.10 Å². The molecule has 1 N–H and O–H groups in total. The zero-order chi connectivity index (χ0) is 23.3. The molecule has 0 radical (unpaired) electrons. The average molecular weight is 435 g/mol. The maximum atomic E-state index is 12.4. The van der Waals surface area contributed by atoms with Gasteiger partial charge in [-0.15, -0.1) is 0 Å². The number of ether oxygens (including phenoxy) is 3. The van der Waals surface area contributed by atoms with Crippen LogP contribution in [-0.4, -0.2) is 46.9 Å². The molecular weight excluding hydrogens is 400 g/mol. The molecule has 1 aliphatic heterocycles. The van der Waals surface area contributed by atoms with Crippen molar-refractivity contribution in [3.05, 3.63) is 35.5 Å². The van der Waals surface area contributed by atoms with E-state index in [0.717, 1.165) is 18.4 Å². The highest BCUT2D eigenvalue weighted by Crippen LogP contribution is 2.39. The molecule has 5 atom stereocenters. The molecule has 2 rings (SSSR count). The third-order valence-electron chi connectivity index (χ3n) is 6.01. The van der Waals surface area contributed by atoms with Gasteiger partial charge in [0.25, 0.3) is 0 Å². The normalized spacial score (nSPS) is 36.1. The number of aliphatic hydroxyl groups is 1. The maximum Gasteiger partial charge on any atom is 0.334 e. The quantitative estimate of drug-likeness (QED) is 0.307. The van der Waals surface area contributed by atoms with Crippen LogP contribution in [0.15, 0.2) is 35.5 Å². The van der Waals surface area contributed by atoms with Crippen LogP contribution in [0, 0.1) is 5.92 Å². The number of esters is 3. The fraction of sp³-hybridized carbons (Fsp3) is 0.625. The summed E-state index contributed by atoms with van der Waals surface area (Å²) < 4.78 is 16.6. The number of carbonyl (C=O) groups excluding carboxylic acids is 3. The SMILES string of the molecule is C=C1C(=O)O[C@@H]2[C@@H]1C[C@H](OC(C)=O)[C@@](C)(O)CC/C=C(\C)CC/C=C(\C)[C@@H]2OC(C)=O. The molecule has 0 amide bonds. The molecule has 1 fully saturated rings. The lowest BCUT2D eigenvalue weighted by Gasteiger charge is -2.35.